The zero-order valence-corrected chi connectivity index (χ0v) is 18.6. The van der Waals surface area contributed by atoms with Gasteiger partial charge in [0.05, 0.1) is 16.0 Å². The van der Waals surface area contributed by atoms with Crippen molar-refractivity contribution in [3.63, 3.8) is 0 Å². The van der Waals surface area contributed by atoms with E-state index in [0.717, 1.165) is 18.4 Å². The van der Waals surface area contributed by atoms with E-state index in [2.05, 4.69) is 0 Å². The highest BCUT2D eigenvalue weighted by Crippen LogP contribution is 2.25. The molecule has 7 heteroatoms. The molecule has 0 bridgehead atoms. The lowest BCUT2D eigenvalue weighted by Gasteiger charge is -2.17. The first-order valence-corrected chi connectivity index (χ1v) is 11.9. The first-order chi connectivity index (χ1) is 14.8. The van der Waals surface area contributed by atoms with Gasteiger partial charge in [-0.2, -0.15) is 4.31 Å². The van der Waals surface area contributed by atoms with E-state index in [-0.39, 0.29) is 34.0 Å². The number of ketones is 1. The third-order valence-corrected chi connectivity index (χ3v) is 7.92. The fourth-order valence-electron chi connectivity index (χ4n) is 4.20. The van der Waals surface area contributed by atoms with Gasteiger partial charge in [0.2, 0.25) is 10.0 Å². The van der Waals surface area contributed by atoms with Gasteiger partial charge in [-0.1, -0.05) is 37.3 Å². The molecule has 0 aliphatic carbocycles. The van der Waals surface area contributed by atoms with Gasteiger partial charge in [0, 0.05) is 38.1 Å². The van der Waals surface area contributed by atoms with Crippen LogP contribution in [0, 0.1) is 0 Å². The van der Waals surface area contributed by atoms with Gasteiger partial charge in [-0.25, -0.2) is 8.42 Å². The predicted octanol–water partition coefficient (Wildman–Crippen LogP) is 3.70. The van der Waals surface area contributed by atoms with Crippen LogP contribution in [-0.4, -0.2) is 36.2 Å². The van der Waals surface area contributed by atoms with Gasteiger partial charge in [0.15, 0.2) is 11.2 Å². The van der Waals surface area contributed by atoms with E-state index < -0.39 is 15.5 Å². The Morgan fingerprint density at radius 3 is 2.42 bits per heavy atom. The molecule has 2 aromatic carbocycles. The van der Waals surface area contributed by atoms with Crippen molar-refractivity contribution in [3.8, 4) is 0 Å². The summed E-state index contributed by atoms with van der Waals surface area (Å²) >= 11 is 0. The number of benzene rings is 2. The number of Topliss-reactive ketones (excluding diaryl/α,β-unsaturated/α-hetero) is 1. The number of rotatable bonds is 6. The van der Waals surface area contributed by atoms with Crippen LogP contribution < -0.4 is 5.43 Å². The molecule has 3 aromatic rings. The molecule has 0 radical (unpaired) electrons. The Labute approximate surface area is 182 Å². The van der Waals surface area contributed by atoms with Gasteiger partial charge >= 0.3 is 0 Å². The Morgan fingerprint density at radius 2 is 1.74 bits per heavy atom. The second kappa shape index (κ2) is 8.40. The van der Waals surface area contributed by atoms with Crippen molar-refractivity contribution in [2.45, 2.75) is 37.0 Å². The number of pyridine rings is 1. The second-order valence-corrected chi connectivity index (χ2v) is 10.1. The number of fused-ring (bicyclic) bond motifs is 1. The Bertz CT molecular complexity index is 1290. The Morgan fingerprint density at radius 1 is 1.06 bits per heavy atom. The van der Waals surface area contributed by atoms with E-state index in [0.29, 0.717) is 18.6 Å². The van der Waals surface area contributed by atoms with Crippen molar-refractivity contribution >= 4 is 26.7 Å². The highest BCUT2D eigenvalue weighted by molar-refractivity contribution is 7.89. The van der Waals surface area contributed by atoms with Gasteiger partial charge in [0.25, 0.3) is 0 Å². The van der Waals surface area contributed by atoms with Crippen LogP contribution in [0.4, 0.5) is 0 Å². The summed E-state index contributed by atoms with van der Waals surface area (Å²) in [5.41, 5.74) is 1.30. The largest absolute Gasteiger partial charge is 0.350 e. The summed E-state index contributed by atoms with van der Waals surface area (Å²) in [5, 5.41) is 0.251. The summed E-state index contributed by atoms with van der Waals surface area (Å²) in [6.07, 6.45) is 3.44. The van der Waals surface area contributed by atoms with Gasteiger partial charge in [-0.3, -0.25) is 9.59 Å². The molecule has 1 fully saturated rings. The van der Waals surface area contributed by atoms with Crippen molar-refractivity contribution in [1.29, 1.82) is 0 Å². The highest BCUT2D eigenvalue weighted by Gasteiger charge is 2.28. The van der Waals surface area contributed by atoms with Crippen LogP contribution in [0.3, 0.4) is 0 Å². The molecule has 4 rings (SSSR count). The summed E-state index contributed by atoms with van der Waals surface area (Å²) in [4.78, 5) is 26.3. The maximum absolute atomic E-state index is 13.2. The first kappa shape index (κ1) is 21.5. The highest BCUT2D eigenvalue weighted by atomic mass is 32.2. The Kier molecular flexibility index (Phi) is 5.81. The minimum absolute atomic E-state index is 0.0315. The van der Waals surface area contributed by atoms with Crippen molar-refractivity contribution in [2.24, 2.45) is 7.05 Å². The fraction of sp³-hybridized carbons (Fsp3) is 0.333. The lowest BCUT2D eigenvalue weighted by atomic mass is 9.93. The lowest BCUT2D eigenvalue weighted by molar-refractivity contribution is 0.0974. The topological polar surface area (TPSA) is 76.5 Å². The number of carbonyl (C=O) groups is 1. The standard InChI is InChI=1S/C24H26N2O4S/c1-17(18-8-4-3-5-9-18)14-23(27)21-16-25(2)22-11-10-19(15-20(22)24(21)28)31(29,30)26-12-6-7-13-26/h3-5,8-11,15-17H,6-7,12-14H2,1-2H3. The van der Waals surface area contributed by atoms with Crippen LogP contribution in [0.5, 0.6) is 0 Å². The molecular formula is C24H26N2O4S. The second-order valence-electron chi connectivity index (χ2n) is 8.21. The maximum atomic E-state index is 13.2. The molecule has 1 aliphatic rings. The number of carbonyl (C=O) groups excluding carboxylic acids is 1. The zero-order chi connectivity index (χ0) is 22.2. The SMILES string of the molecule is CC(CC(=O)c1cn(C)c2ccc(S(=O)(=O)N3CCCC3)cc2c1=O)c1ccccc1. The van der Waals surface area contributed by atoms with Crippen molar-refractivity contribution in [2.75, 3.05) is 13.1 Å². The Hall–Kier alpha value is -2.77. The number of aromatic nitrogens is 1. The molecule has 6 nitrogen and oxygen atoms in total. The monoisotopic (exact) mass is 438 g/mol. The molecule has 0 spiro atoms. The maximum Gasteiger partial charge on any atom is 0.243 e. The van der Waals surface area contributed by atoms with Crippen LogP contribution in [0.1, 0.15) is 48.0 Å². The van der Waals surface area contributed by atoms with E-state index in [1.165, 1.54) is 16.4 Å². The molecule has 1 aromatic heterocycles. The minimum atomic E-state index is -3.65. The minimum Gasteiger partial charge on any atom is -0.350 e. The van der Waals surface area contributed by atoms with Gasteiger partial charge in [-0.15, -0.1) is 0 Å². The molecule has 2 heterocycles. The zero-order valence-electron chi connectivity index (χ0n) is 17.7. The summed E-state index contributed by atoms with van der Waals surface area (Å²) < 4.78 is 29.1. The van der Waals surface area contributed by atoms with E-state index >= 15 is 0 Å². The van der Waals surface area contributed by atoms with E-state index in [1.54, 1.807) is 23.9 Å². The normalized spacial score (nSPS) is 15.9. The molecule has 0 amide bonds. The molecule has 162 valence electrons. The lowest BCUT2D eigenvalue weighted by Crippen LogP contribution is -2.28. The van der Waals surface area contributed by atoms with Gasteiger partial charge in [-0.05, 0) is 42.5 Å². The van der Waals surface area contributed by atoms with Crippen LogP contribution >= 0.6 is 0 Å². The fourth-order valence-corrected chi connectivity index (χ4v) is 5.74. The third kappa shape index (κ3) is 4.07. The molecule has 0 N–H and O–H groups in total. The molecule has 1 atom stereocenters. The average molecular weight is 439 g/mol. The van der Waals surface area contributed by atoms with Crippen LogP contribution in [0.15, 0.2) is 64.4 Å². The number of hydrogen-bond acceptors (Lipinski definition) is 4. The smallest absolute Gasteiger partial charge is 0.243 e. The number of nitrogens with zero attached hydrogens (tertiary/aromatic N) is 2. The summed E-state index contributed by atoms with van der Waals surface area (Å²) in [7, 11) is -1.89. The van der Waals surface area contributed by atoms with Crippen LogP contribution in [0.2, 0.25) is 0 Å². The molecule has 1 aliphatic heterocycles. The number of sulfonamides is 1. The third-order valence-electron chi connectivity index (χ3n) is 6.02. The van der Waals surface area contributed by atoms with Crippen molar-refractivity contribution in [1.82, 2.24) is 8.87 Å². The molecule has 0 saturated carbocycles. The Balaban J connectivity index is 1.73. The van der Waals surface area contributed by atoms with E-state index in [1.807, 2.05) is 37.3 Å². The quantitative estimate of drug-likeness (QED) is 0.550. The van der Waals surface area contributed by atoms with E-state index in [9.17, 15) is 18.0 Å². The summed E-state index contributed by atoms with van der Waals surface area (Å²) in [6, 6.07) is 14.3. The van der Waals surface area contributed by atoms with Gasteiger partial charge < -0.3 is 4.57 Å². The van der Waals surface area contributed by atoms with Crippen LogP contribution in [0.25, 0.3) is 10.9 Å². The molecular weight excluding hydrogens is 412 g/mol. The molecule has 1 saturated heterocycles. The summed E-state index contributed by atoms with van der Waals surface area (Å²) in [5.74, 6) is -0.275. The predicted molar refractivity (Wildman–Crippen MR) is 121 cm³/mol. The number of aryl methyl sites for hydroxylation is 1. The molecule has 31 heavy (non-hydrogen) atoms. The first-order valence-electron chi connectivity index (χ1n) is 10.5. The number of hydrogen-bond donors (Lipinski definition) is 0. The van der Waals surface area contributed by atoms with E-state index in [4.69, 9.17) is 0 Å². The van der Waals surface area contributed by atoms with Gasteiger partial charge in [0.1, 0.15) is 0 Å². The van der Waals surface area contributed by atoms with Crippen molar-refractivity contribution < 1.29 is 13.2 Å². The summed E-state index contributed by atoms with van der Waals surface area (Å²) in [6.45, 7) is 2.95. The van der Waals surface area contributed by atoms with Crippen LogP contribution in [-0.2, 0) is 17.1 Å². The molecule has 1 unspecified atom stereocenters. The van der Waals surface area contributed by atoms with Crippen molar-refractivity contribution in [3.05, 3.63) is 76.1 Å². The average Bonchev–Trinajstić information content (AvgIpc) is 3.32.